The maximum absolute atomic E-state index is 14.2. The van der Waals surface area contributed by atoms with E-state index in [1.807, 2.05) is 56.3 Å². The number of nitrogens with zero attached hydrogens (tertiary/aromatic N) is 3. The molecule has 0 saturated heterocycles. The quantitative estimate of drug-likeness (QED) is 0.258. The Hall–Kier alpha value is -4.88. The molecule has 0 unspecified atom stereocenters. The number of allylic oxidation sites excluding steroid dienone is 1. The molecular formula is C33H31N3O6S. The first-order valence-electron chi connectivity index (χ1n) is 13.8. The lowest BCUT2D eigenvalue weighted by Crippen LogP contribution is -2.40. The van der Waals surface area contributed by atoms with E-state index in [0.717, 1.165) is 10.8 Å². The standard InChI is InChI=1S/C33H31N3O6S/c1-6-40-32(38)29-20(4)35-33-36(30(29)22-12-14-26(42-19(2)3)27(17-22)39-5)31(37)28(43-33)18-24-23-10-8-7-9-21(23)11-13-25(24)41-16-15-34/h7-14,17-19,30H,6,16H2,1-5H3/b28-18+/t30-/m0/s1. The van der Waals surface area contributed by atoms with E-state index in [2.05, 4.69) is 4.99 Å². The topological polar surface area (TPSA) is 112 Å². The fourth-order valence-corrected chi connectivity index (χ4v) is 6.13. The number of fused-ring (bicyclic) bond motifs is 2. The van der Waals surface area contributed by atoms with Crippen LogP contribution in [0, 0.1) is 11.3 Å². The average Bonchev–Trinajstić information content (AvgIpc) is 3.29. The molecule has 10 heteroatoms. The van der Waals surface area contributed by atoms with Crippen molar-refractivity contribution in [1.29, 1.82) is 5.26 Å². The molecule has 0 radical (unpaired) electrons. The summed E-state index contributed by atoms with van der Waals surface area (Å²) in [6.45, 7) is 7.34. The molecule has 0 aliphatic carbocycles. The van der Waals surface area contributed by atoms with Crippen LogP contribution in [0.2, 0.25) is 0 Å². The summed E-state index contributed by atoms with van der Waals surface area (Å²) < 4.78 is 24.6. The number of thiazole rings is 1. The molecule has 5 rings (SSSR count). The van der Waals surface area contributed by atoms with E-state index in [0.29, 0.717) is 43.4 Å². The third kappa shape index (κ3) is 5.76. The molecule has 3 aromatic carbocycles. The predicted molar refractivity (Wildman–Crippen MR) is 164 cm³/mol. The highest BCUT2D eigenvalue weighted by atomic mass is 32.1. The zero-order valence-corrected chi connectivity index (χ0v) is 25.4. The van der Waals surface area contributed by atoms with Gasteiger partial charge < -0.3 is 18.9 Å². The van der Waals surface area contributed by atoms with E-state index in [9.17, 15) is 9.59 Å². The molecule has 220 valence electrons. The van der Waals surface area contributed by atoms with Crippen molar-refractivity contribution in [2.24, 2.45) is 4.99 Å². The van der Waals surface area contributed by atoms with E-state index in [-0.39, 0.29) is 30.5 Å². The van der Waals surface area contributed by atoms with Gasteiger partial charge in [-0.3, -0.25) is 9.36 Å². The first-order valence-corrected chi connectivity index (χ1v) is 14.6. The maximum atomic E-state index is 14.2. The number of hydrogen-bond donors (Lipinski definition) is 0. The summed E-state index contributed by atoms with van der Waals surface area (Å²) in [7, 11) is 1.54. The Bertz CT molecular complexity index is 1970. The molecule has 4 aromatic rings. The van der Waals surface area contributed by atoms with Crippen molar-refractivity contribution in [3.63, 3.8) is 0 Å². The molecule has 1 aliphatic heterocycles. The first-order chi connectivity index (χ1) is 20.8. The second-order valence-corrected chi connectivity index (χ2v) is 11.0. The third-order valence-corrected chi connectivity index (χ3v) is 7.86. The second-order valence-electron chi connectivity index (χ2n) is 10.0. The Morgan fingerprint density at radius 3 is 2.63 bits per heavy atom. The molecule has 0 bridgehead atoms. The van der Waals surface area contributed by atoms with Crippen LogP contribution in [0.1, 0.15) is 44.9 Å². The lowest BCUT2D eigenvalue weighted by Gasteiger charge is -2.25. The van der Waals surface area contributed by atoms with E-state index in [1.165, 1.54) is 15.9 Å². The predicted octanol–water partition coefficient (Wildman–Crippen LogP) is 4.65. The van der Waals surface area contributed by atoms with Gasteiger partial charge in [0.1, 0.15) is 11.8 Å². The Morgan fingerprint density at radius 2 is 1.91 bits per heavy atom. The third-order valence-electron chi connectivity index (χ3n) is 6.88. The van der Waals surface area contributed by atoms with Crippen LogP contribution in [0.15, 0.2) is 75.7 Å². The summed E-state index contributed by atoms with van der Waals surface area (Å²) in [5.74, 6) is 0.955. The van der Waals surface area contributed by atoms with Crippen LogP contribution in [0.3, 0.4) is 0 Å². The van der Waals surface area contributed by atoms with Gasteiger partial charge in [-0.25, -0.2) is 9.79 Å². The number of carbonyl (C=O) groups is 1. The van der Waals surface area contributed by atoms with Gasteiger partial charge in [0.2, 0.25) is 0 Å². The number of rotatable bonds is 9. The molecule has 9 nitrogen and oxygen atoms in total. The largest absolute Gasteiger partial charge is 0.493 e. The van der Waals surface area contributed by atoms with Crippen molar-refractivity contribution in [2.45, 2.75) is 39.8 Å². The van der Waals surface area contributed by atoms with Crippen molar-refractivity contribution in [1.82, 2.24) is 4.57 Å². The molecule has 0 spiro atoms. The molecule has 1 aliphatic rings. The molecule has 2 heterocycles. The van der Waals surface area contributed by atoms with Gasteiger partial charge in [-0.2, -0.15) is 5.26 Å². The Morgan fingerprint density at radius 1 is 1.14 bits per heavy atom. The van der Waals surface area contributed by atoms with Gasteiger partial charge >= 0.3 is 5.97 Å². The maximum Gasteiger partial charge on any atom is 0.338 e. The highest BCUT2D eigenvalue weighted by molar-refractivity contribution is 7.07. The number of hydrogen-bond acceptors (Lipinski definition) is 9. The number of aromatic nitrogens is 1. The lowest BCUT2D eigenvalue weighted by atomic mass is 9.95. The number of esters is 1. The van der Waals surface area contributed by atoms with Crippen LogP contribution in [0.25, 0.3) is 16.8 Å². The average molecular weight is 598 g/mol. The smallest absolute Gasteiger partial charge is 0.338 e. The van der Waals surface area contributed by atoms with Gasteiger partial charge in [0.05, 0.1) is 41.7 Å². The summed E-state index contributed by atoms with van der Waals surface area (Å²) in [5.41, 5.74) is 1.71. The van der Waals surface area contributed by atoms with Crippen molar-refractivity contribution >= 4 is 34.2 Å². The summed E-state index contributed by atoms with van der Waals surface area (Å²) in [6, 6.07) is 18.0. The van der Waals surface area contributed by atoms with Gasteiger partial charge in [-0.15, -0.1) is 0 Å². The molecule has 43 heavy (non-hydrogen) atoms. The van der Waals surface area contributed by atoms with Crippen LogP contribution in [-0.2, 0) is 9.53 Å². The normalized spacial score (nSPS) is 14.7. The molecule has 0 amide bonds. The van der Waals surface area contributed by atoms with Crippen LogP contribution < -0.4 is 29.1 Å². The number of methoxy groups -OCH3 is 1. The Kier molecular flexibility index (Phi) is 8.64. The van der Waals surface area contributed by atoms with Gasteiger partial charge in [-0.1, -0.05) is 47.7 Å². The van der Waals surface area contributed by atoms with Gasteiger partial charge in [0.25, 0.3) is 5.56 Å². The van der Waals surface area contributed by atoms with Crippen molar-refractivity contribution in [3.05, 3.63) is 96.7 Å². The fourth-order valence-electron chi connectivity index (χ4n) is 5.10. The van der Waals surface area contributed by atoms with Gasteiger partial charge in [0, 0.05) is 5.56 Å². The van der Waals surface area contributed by atoms with Gasteiger partial charge in [-0.05, 0) is 68.3 Å². The minimum absolute atomic E-state index is 0.0780. The zero-order valence-electron chi connectivity index (χ0n) is 24.5. The highest BCUT2D eigenvalue weighted by Crippen LogP contribution is 2.36. The molecule has 0 fully saturated rings. The summed E-state index contributed by atoms with van der Waals surface area (Å²) >= 11 is 1.21. The van der Waals surface area contributed by atoms with Gasteiger partial charge in [0.15, 0.2) is 22.9 Å². The van der Waals surface area contributed by atoms with Crippen LogP contribution in [0.4, 0.5) is 0 Å². The first kappa shape index (κ1) is 29.6. The van der Waals surface area contributed by atoms with E-state index in [4.69, 9.17) is 24.2 Å². The van der Waals surface area contributed by atoms with E-state index in [1.54, 1.807) is 45.2 Å². The number of benzene rings is 3. The molecule has 1 atom stereocenters. The Balaban J connectivity index is 1.76. The molecular weight excluding hydrogens is 566 g/mol. The minimum Gasteiger partial charge on any atom is -0.493 e. The van der Waals surface area contributed by atoms with E-state index < -0.39 is 12.0 Å². The van der Waals surface area contributed by atoms with Crippen LogP contribution >= 0.6 is 11.3 Å². The summed E-state index contributed by atoms with van der Waals surface area (Å²) in [4.78, 5) is 32.6. The van der Waals surface area contributed by atoms with Crippen molar-refractivity contribution in [2.75, 3.05) is 20.3 Å². The minimum atomic E-state index is -0.818. The molecule has 0 N–H and O–H groups in total. The van der Waals surface area contributed by atoms with Crippen molar-refractivity contribution in [3.8, 4) is 23.3 Å². The SMILES string of the molecule is CCOC(=O)C1=C(C)N=c2s/c(=C/c3c(OCC#N)ccc4ccccc34)c(=O)n2[C@H]1c1ccc(OC(C)C)c(OC)c1. The fraction of sp³-hybridized carbons (Fsp3) is 0.273. The lowest BCUT2D eigenvalue weighted by molar-refractivity contribution is -0.139. The number of carbonyl (C=O) groups excluding carboxylic acids is 1. The highest BCUT2D eigenvalue weighted by Gasteiger charge is 2.34. The monoisotopic (exact) mass is 597 g/mol. The van der Waals surface area contributed by atoms with Crippen LogP contribution in [0.5, 0.6) is 17.2 Å². The second kappa shape index (κ2) is 12.5. The molecule has 1 aromatic heterocycles. The van der Waals surface area contributed by atoms with Crippen molar-refractivity contribution < 1.29 is 23.7 Å². The van der Waals surface area contributed by atoms with Crippen LogP contribution in [-0.4, -0.2) is 37.0 Å². The zero-order chi connectivity index (χ0) is 30.7. The van der Waals surface area contributed by atoms with E-state index >= 15 is 0 Å². The Labute approximate surface area is 252 Å². The number of nitriles is 1. The number of ether oxygens (including phenoxy) is 4. The summed E-state index contributed by atoms with van der Waals surface area (Å²) in [6.07, 6.45) is 1.69. The molecule has 0 saturated carbocycles. The summed E-state index contributed by atoms with van der Waals surface area (Å²) in [5, 5.41) is 11.0.